The lowest BCUT2D eigenvalue weighted by molar-refractivity contribution is -0.137. The van der Waals surface area contributed by atoms with Crippen molar-refractivity contribution in [2.24, 2.45) is 0 Å². The number of esters is 1. The van der Waals surface area contributed by atoms with Crippen molar-refractivity contribution in [3.8, 4) is 11.3 Å². The molecule has 0 saturated carbocycles. The standard InChI is InChI=1S/C14H13FN2O2/c1-2-19-13(18)7-6-11-9-16-17-14(11)10-4-3-5-12(15)8-10/h3-9H,2H2,1H3,(H,16,17). The fraction of sp³-hybridized carbons (Fsp3) is 0.143. The molecular weight excluding hydrogens is 247 g/mol. The topological polar surface area (TPSA) is 55.0 Å². The van der Waals surface area contributed by atoms with E-state index in [-0.39, 0.29) is 5.82 Å². The second kappa shape index (κ2) is 5.95. The van der Waals surface area contributed by atoms with Crippen molar-refractivity contribution in [1.82, 2.24) is 10.2 Å². The third kappa shape index (κ3) is 3.28. The Hall–Kier alpha value is -2.43. The van der Waals surface area contributed by atoms with Crippen LogP contribution in [0.2, 0.25) is 0 Å². The zero-order chi connectivity index (χ0) is 13.7. The van der Waals surface area contributed by atoms with E-state index in [0.29, 0.717) is 23.4 Å². The first-order valence-corrected chi connectivity index (χ1v) is 5.85. The number of nitrogens with one attached hydrogen (secondary N) is 1. The molecule has 1 aromatic heterocycles. The van der Waals surface area contributed by atoms with Crippen LogP contribution in [0.15, 0.2) is 36.5 Å². The monoisotopic (exact) mass is 260 g/mol. The Bertz CT molecular complexity index is 605. The van der Waals surface area contributed by atoms with Crippen molar-refractivity contribution in [2.75, 3.05) is 6.61 Å². The zero-order valence-corrected chi connectivity index (χ0v) is 10.4. The van der Waals surface area contributed by atoms with Gasteiger partial charge in [0, 0.05) is 17.2 Å². The summed E-state index contributed by atoms with van der Waals surface area (Å²) in [7, 11) is 0. The van der Waals surface area contributed by atoms with Gasteiger partial charge in [-0.3, -0.25) is 5.10 Å². The van der Waals surface area contributed by atoms with Crippen LogP contribution < -0.4 is 0 Å². The quantitative estimate of drug-likeness (QED) is 0.679. The molecule has 0 unspecified atom stereocenters. The van der Waals surface area contributed by atoms with Crippen molar-refractivity contribution < 1.29 is 13.9 Å². The maximum atomic E-state index is 13.2. The Morgan fingerprint density at radius 2 is 2.37 bits per heavy atom. The van der Waals surface area contributed by atoms with Gasteiger partial charge in [0.15, 0.2) is 0 Å². The minimum atomic E-state index is -0.422. The maximum Gasteiger partial charge on any atom is 0.330 e. The van der Waals surface area contributed by atoms with Crippen LogP contribution in [0.3, 0.4) is 0 Å². The Labute approximate surface area is 109 Å². The van der Waals surface area contributed by atoms with E-state index in [1.807, 2.05) is 0 Å². The second-order valence-corrected chi connectivity index (χ2v) is 3.80. The van der Waals surface area contributed by atoms with Crippen LogP contribution in [0.25, 0.3) is 17.3 Å². The van der Waals surface area contributed by atoms with Gasteiger partial charge in [-0.25, -0.2) is 9.18 Å². The number of hydrogen-bond acceptors (Lipinski definition) is 3. The normalized spacial score (nSPS) is 10.8. The summed E-state index contributed by atoms with van der Waals surface area (Å²) in [5, 5.41) is 6.69. The third-order valence-corrected chi connectivity index (χ3v) is 2.47. The molecule has 0 aliphatic heterocycles. The van der Waals surface area contributed by atoms with Crippen molar-refractivity contribution in [3.05, 3.63) is 47.9 Å². The van der Waals surface area contributed by atoms with E-state index >= 15 is 0 Å². The van der Waals surface area contributed by atoms with E-state index in [9.17, 15) is 9.18 Å². The van der Waals surface area contributed by atoms with Gasteiger partial charge in [0.05, 0.1) is 18.5 Å². The number of H-pyrrole nitrogens is 1. The molecule has 1 N–H and O–H groups in total. The molecular formula is C14H13FN2O2. The van der Waals surface area contributed by atoms with E-state index in [2.05, 4.69) is 10.2 Å². The largest absolute Gasteiger partial charge is 0.463 e. The van der Waals surface area contributed by atoms with Gasteiger partial charge in [-0.15, -0.1) is 0 Å². The molecule has 19 heavy (non-hydrogen) atoms. The highest BCUT2D eigenvalue weighted by atomic mass is 19.1. The van der Waals surface area contributed by atoms with Crippen LogP contribution in [0.1, 0.15) is 12.5 Å². The number of rotatable bonds is 4. The van der Waals surface area contributed by atoms with Gasteiger partial charge in [-0.2, -0.15) is 5.10 Å². The van der Waals surface area contributed by atoms with Gasteiger partial charge >= 0.3 is 5.97 Å². The van der Waals surface area contributed by atoms with Crippen molar-refractivity contribution in [2.45, 2.75) is 6.92 Å². The molecule has 0 saturated heterocycles. The molecule has 0 bridgehead atoms. The number of aromatic amines is 1. The second-order valence-electron chi connectivity index (χ2n) is 3.80. The van der Waals surface area contributed by atoms with Gasteiger partial charge in [0.1, 0.15) is 5.82 Å². The number of carbonyl (C=O) groups excluding carboxylic acids is 1. The van der Waals surface area contributed by atoms with Crippen LogP contribution in [0.4, 0.5) is 4.39 Å². The van der Waals surface area contributed by atoms with E-state index in [0.717, 1.165) is 0 Å². The van der Waals surface area contributed by atoms with E-state index < -0.39 is 5.97 Å². The van der Waals surface area contributed by atoms with Crippen LogP contribution in [-0.2, 0) is 9.53 Å². The zero-order valence-electron chi connectivity index (χ0n) is 10.4. The summed E-state index contributed by atoms with van der Waals surface area (Å²) in [6, 6.07) is 6.14. The maximum absolute atomic E-state index is 13.2. The number of benzene rings is 1. The first-order valence-electron chi connectivity index (χ1n) is 5.85. The third-order valence-electron chi connectivity index (χ3n) is 2.47. The Balaban J connectivity index is 2.25. The molecule has 0 radical (unpaired) electrons. The molecule has 0 amide bonds. The molecule has 2 aromatic rings. The predicted molar refractivity (Wildman–Crippen MR) is 69.6 cm³/mol. The highest BCUT2D eigenvalue weighted by Gasteiger charge is 2.06. The number of halogens is 1. The summed E-state index contributed by atoms with van der Waals surface area (Å²) in [6.45, 7) is 2.06. The van der Waals surface area contributed by atoms with Gasteiger partial charge in [0.25, 0.3) is 0 Å². The van der Waals surface area contributed by atoms with Gasteiger partial charge in [-0.1, -0.05) is 12.1 Å². The minimum absolute atomic E-state index is 0.325. The van der Waals surface area contributed by atoms with Crippen LogP contribution in [0.5, 0.6) is 0 Å². The first-order chi connectivity index (χ1) is 9.20. The van der Waals surface area contributed by atoms with Crippen molar-refractivity contribution in [3.63, 3.8) is 0 Å². The summed E-state index contributed by atoms with van der Waals surface area (Å²) >= 11 is 0. The average Bonchev–Trinajstić information content (AvgIpc) is 2.85. The molecule has 1 aromatic carbocycles. The van der Waals surface area contributed by atoms with Crippen molar-refractivity contribution >= 4 is 12.0 Å². The predicted octanol–water partition coefficient (Wildman–Crippen LogP) is 2.79. The Morgan fingerprint density at radius 3 is 3.11 bits per heavy atom. The number of ether oxygens (including phenoxy) is 1. The lowest BCUT2D eigenvalue weighted by Crippen LogP contribution is -1.98. The Kier molecular flexibility index (Phi) is 4.07. The smallest absolute Gasteiger partial charge is 0.330 e. The van der Waals surface area contributed by atoms with Crippen LogP contribution in [0, 0.1) is 5.82 Å². The molecule has 0 spiro atoms. The summed E-state index contributed by atoms with van der Waals surface area (Å²) in [5.74, 6) is -0.749. The van der Waals surface area contributed by atoms with E-state index in [1.165, 1.54) is 18.2 Å². The van der Waals surface area contributed by atoms with Crippen molar-refractivity contribution in [1.29, 1.82) is 0 Å². The molecule has 0 aliphatic carbocycles. The molecule has 0 fully saturated rings. The Morgan fingerprint density at radius 1 is 1.53 bits per heavy atom. The SMILES string of the molecule is CCOC(=O)C=Cc1cn[nH]c1-c1cccc(F)c1. The van der Waals surface area contributed by atoms with Crippen LogP contribution in [-0.4, -0.2) is 22.8 Å². The minimum Gasteiger partial charge on any atom is -0.463 e. The molecule has 5 heteroatoms. The summed E-state index contributed by atoms with van der Waals surface area (Å²) < 4.78 is 18.0. The fourth-order valence-electron chi connectivity index (χ4n) is 1.65. The average molecular weight is 260 g/mol. The highest BCUT2D eigenvalue weighted by molar-refractivity contribution is 5.88. The molecule has 4 nitrogen and oxygen atoms in total. The van der Waals surface area contributed by atoms with Gasteiger partial charge in [0.2, 0.25) is 0 Å². The molecule has 0 atom stereocenters. The fourth-order valence-corrected chi connectivity index (χ4v) is 1.65. The number of aromatic nitrogens is 2. The van der Waals surface area contributed by atoms with E-state index in [4.69, 9.17) is 4.74 Å². The lowest BCUT2D eigenvalue weighted by atomic mass is 10.1. The lowest BCUT2D eigenvalue weighted by Gasteiger charge is -2.00. The molecule has 98 valence electrons. The number of nitrogens with zero attached hydrogens (tertiary/aromatic N) is 1. The first kappa shape index (κ1) is 13.0. The van der Waals surface area contributed by atoms with Gasteiger partial charge in [-0.05, 0) is 25.1 Å². The molecule has 2 rings (SSSR count). The summed E-state index contributed by atoms with van der Waals surface area (Å²) in [6.07, 6.45) is 4.47. The van der Waals surface area contributed by atoms with E-state index in [1.54, 1.807) is 31.3 Å². The summed E-state index contributed by atoms with van der Waals surface area (Å²) in [5.41, 5.74) is 2.01. The number of hydrogen-bond donors (Lipinski definition) is 1. The summed E-state index contributed by atoms with van der Waals surface area (Å²) in [4.78, 5) is 11.2. The highest BCUT2D eigenvalue weighted by Crippen LogP contribution is 2.22. The molecule has 0 aliphatic rings. The number of carbonyl (C=O) groups is 1. The van der Waals surface area contributed by atoms with Crippen LogP contribution >= 0.6 is 0 Å². The van der Waals surface area contributed by atoms with Gasteiger partial charge < -0.3 is 4.74 Å². The molecule has 1 heterocycles.